The molecule has 0 bridgehead atoms. The van der Waals surface area contributed by atoms with E-state index in [1.807, 2.05) is 12.2 Å². The molecule has 0 heterocycles. The van der Waals surface area contributed by atoms with Crippen molar-refractivity contribution in [3.63, 3.8) is 0 Å². The molecule has 0 fully saturated rings. The highest BCUT2D eigenvalue weighted by Crippen LogP contribution is 2.08. The predicted molar refractivity (Wildman–Crippen MR) is 46.3 cm³/mol. The van der Waals surface area contributed by atoms with Gasteiger partial charge in [-0.2, -0.15) is 0 Å². The van der Waals surface area contributed by atoms with Crippen LogP contribution in [0.25, 0.3) is 0 Å². The normalized spacial score (nSPS) is 15.7. The lowest BCUT2D eigenvalue weighted by atomic mass is 10.2. The van der Waals surface area contributed by atoms with E-state index in [1.165, 1.54) is 0 Å². The number of carbonyl (C=O) groups is 2. The van der Waals surface area contributed by atoms with Crippen molar-refractivity contribution in [3.05, 3.63) is 12.2 Å². The molecule has 0 aromatic carbocycles. The minimum Gasteiger partial charge on any atom is -0.480 e. The fourth-order valence-corrected chi connectivity index (χ4v) is 1.13. The molecule has 72 valence electrons. The van der Waals surface area contributed by atoms with Gasteiger partial charge in [0.15, 0.2) is 0 Å². The molecular weight excluding hydrogens is 172 g/mol. The van der Waals surface area contributed by atoms with Gasteiger partial charge in [0, 0.05) is 6.04 Å². The monoisotopic (exact) mass is 184 g/mol. The van der Waals surface area contributed by atoms with Gasteiger partial charge in [-0.15, -0.1) is 0 Å². The van der Waals surface area contributed by atoms with Crippen LogP contribution in [0.3, 0.4) is 0 Å². The summed E-state index contributed by atoms with van der Waals surface area (Å²) in [5.41, 5.74) is 0. The number of urea groups is 1. The summed E-state index contributed by atoms with van der Waals surface area (Å²) in [4.78, 5) is 21.1. The number of carbonyl (C=O) groups excluding carboxylic acids is 1. The number of carboxylic acids is 1. The zero-order valence-corrected chi connectivity index (χ0v) is 7.12. The molecule has 0 spiro atoms. The number of hydrogen-bond acceptors (Lipinski definition) is 2. The molecule has 13 heavy (non-hydrogen) atoms. The lowest BCUT2D eigenvalue weighted by Gasteiger charge is -2.11. The van der Waals surface area contributed by atoms with Gasteiger partial charge in [-0.1, -0.05) is 12.2 Å². The van der Waals surface area contributed by atoms with Crippen LogP contribution in [-0.4, -0.2) is 29.7 Å². The zero-order chi connectivity index (χ0) is 9.68. The topological polar surface area (TPSA) is 78.4 Å². The van der Waals surface area contributed by atoms with Crippen molar-refractivity contribution in [2.75, 3.05) is 6.54 Å². The van der Waals surface area contributed by atoms with Crippen molar-refractivity contribution in [3.8, 4) is 0 Å². The number of carboxylic acid groups (broad SMARTS) is 1. The minimum atomic E-state index is -1.04. The molecule has 1 rings (SSSR count). The maximum absolute atomic E-state index is 11.0. The van der Waals surface area contributed by atoms with Crippen molar-refractivity contribution in [2.45, 2.75) is 18.9 Å². The van der Waals surface area contributed by atoms with Gasteiger partial charge in [0.2, 0.25) is 0 Å². The first-order chi connectivity index (χ1) is 6.18. The Kier molecular flexibility index (Phi) is 3.31. The van der Waals surface area contributed by atoms with Gasteiger partial charge in [-0.25, -0.2) is 4.79 Å². The Labute approximate surface area is 75.8 Å². The Morgan fingerprint density at radius 3 is 2.54 bits per heavy atom. The number of amides is 2. The molecule has 0 saturated carbocycles. The van der Waals surface area contributed by atoms with Crippen LogP contribution in [0.5, 0.6) is 0 Å². The first-order valence-corrected chi connectivity index (χ1v) is 4.09. The first-order valence-electron chi connectivity index (χ1n) is 4.09. The lowest BCUT2D eigenvalue weighted by Crippen LogP contribution is -2.42. The molecule has 5 nitrogen and oxygen atoms in total. The van der Waals surface area contributed by atoms with Crippen LogP contribution in [0, 0.1) is 0 Å². The fourth-order valence-electron chi connectivity index (χ4n) is 1.13. The van der Waals surface area contributed by atoms with E-state index in [0.717, 1.165) is 12.8 Å². The molecule has 5 heteroatoms. The predicted octanol–water partition coefficient (Wildman–Crippen LogP) is 0.0888. The van der Waals surface area contributed by atoms with Crippen molar-refractivity contribution in [1.82, 2.24) is 10.6 Å². The Morgan fingerprint density at radius 1 is 1.38 bits per heavy atom. The molecule has 1 aliphatic rings. The second kappa shape index (κ2) is 4.49. The number of hydrogen-bond donors (Lipinski definition) is 3. The van der Waals surface area contributed by atoms with E-state index >= 15 is 0 Å². The molecule has 2 amide bonds. The maximum Gasteiger partial charge on any atom is 0.323 e. The summed E-state index contributed by atoms with van der Waals surface area (Å²) in [5.74, 6) is -1.04. The van der Waals surface area contributed by atoms with Crippen molar-refractivity contribution in [2.24, 2.45) is 0 Å². The highest BCUT2D eigenvalue weighted by atomic mass is 16.4. The lowest BCUT2D eigenvalue weighted by molar-refractivity contribution is -0.135. The molecule has 0 aromatic rings. The Hall–Kier alpha value is -1.52. The van der Waals surface area contributed by atoms with Crippen molar-refractivity contribution in [1.29, 1.82) is 0 Å². The third-order valence-electron chi connectivity index (χ3n) is 1.74. The van der Waals surface area contributed by atoms with Crippen LogP contribution in [0.2, 0.25) is 0 Å². The number of rotatable bonds is 3. The highest BCUT2D eigenvalue weighted by molar-refractivity contribution is 5.80. The molecule has 0 radical (unpaired) electrons. The summed E-state index contributed by atoms with van der Waals surface area (Å²) in [6.07, 6.45) is 5.62. The molecule has 0 aliphatic heterocycles. The van der Waals surface area contributed by atoms with Gasteiger partial charge in [-0.3, -0.25) is 4.79 Å². The van der Waals surface area contributed by atoms with Crippen molar-refractivity contribution >= 4 is 12.0 Å². The van der Waals surface area contributed by atoms with Gasteiger partial charge in [0.25, 0.3) is 0 Å². The van der Waals surface area contributed by atoms with E-state index in [1.54, 1.807) is 0 Å². The van der Waals surface area contributed by atoms with Crippen LogP contribution in [0.1, 0.15) is 12.8 Å². The summed E-state index contributed by atoms with van der Waals surface area (Å²) in [7, 11) is 0. The Bertz CT molecular complexity index is 230. The second-order valence-electron chi connectivity index (χ2n) is 2.86. The second-order valence-corrected chi connectivity index (χ2v) is 2.86. The van der Waals surface area contributed by atoms with Gasteiger partial charge >= 0.3 is 12.0 Å². The standard InChI is InChI=1S/C8H12N2O3/c11-7(12)5-9-8(13)10-6-3-1-2-4-6/h1-2,6H,3-5H2,(H,11,12)(H2,9,10,13). The maximum atomic E-state index is 11.0. The van der Waals surface area contributed by atoms with Gasteiger partial charge in [-0.05, 0) is 12.8 Å². The van der Waals surface area contributed by atoms with Crippen LogP contribution >= 0.6 is 0 Å². The Balaban J connectivity index is 2.14. The summed E-state index contributed by atoms with van der Waals surface area (Å²) in [6.45, 7) is -0.341. The molecule has 0 aromatic heterocycles. The molecule has 3 N–H and O–H groups in total. The van der Waals surface area contributed by atoms with E-state index in [9.17, 15) is 9.59 Å². The minimum absolute atomic E-state index is 0.119. The average molecular weight is 184 g/mol. The van der Waals surface area contributed by atoms with Crippen LogP contribution < -0.4 is 10.6 Å². The van der Waals surface area contributed by atoms with E-state index in [4.69, 9.17) is 5.11 Å². The quantitative estimate of drug-likeness (QED) is 0.544. The Morgan fingerprint density at radius 2 is 2.00 bits per heavy atom. The molecule has 0 saturated heterocycles. The average Bonchev–Trinajstić information content (AvgIpc) is 2.53. The summed E-state index contributed by atoms with van der Waals surface area (Å²) in [5, 5.41) is 13.2. The molecule has 0 atom stereocenters. The number of aliphatic carboxylic acids is 1. The van der Waals surface area contributed by atoms with E-state index in [0.29, 0.717) is 0 Å². The van der Waals surface area contributed by atoms with Gasteiger partial charge in [0.1, 0.15) is 6.54 Å². The SMILES string of the molecule is O=C(O)CNC(=O)NC1CC=CC1. The summed E-state index contributed by atoms with van der Waals surface area (Å²) < 4.78 is 0. The van der Waals surface area contributed by atoms with E-state index in [-0.39, 0.29) is 12.6 Å². The molecule has 0 unspecified atom stereocenters. The van der Waals surface area contributed by atoms with E-state index < -0.39 is 12.0 Å². The number of nitrogens with one attached hydrogen (secondary N) is 2. The van der Waals surface area contributed by atoms with E-state index in [2.05, 4.69) is 10.6 Å². The third kappa shape index (κ3) is 3.59. The van der Waals surface area contributed by atoms with Crippen LogP contribution in [-0.2, 0) is 4.79 Å². The van der Waals surface area contributed by atoms with Crippen LogP contribution in [0.4, 0.5) is 4.79 Å². The summed E-state index contributed by atoms with van der Waals surface area (Å²) in [6, 6.07) is -0.301. The van der Waals surface area contributed by atoms with Crippen LogP contribution in [0.15, 0.2) is 12.2 Å². The molecule has 1 aliphatic carbocycles. The van der Waals surface area contributed by atoms with Gasteiger partial charge < -0.3 is 15.7 Å². The van der Waals surface area contributed by atoms with Crippen molar-refractivity contribution < 1.29 is 14.7 Å². The molecular formula is C8H12N2O3. The zero-order valence-electron chi connectivity index (χ0n) is 7.12. The van der Waals surface area contributed by atoms with Gasteiger partial charge in [0.05, 0.1) is 0 Å². The highest BCUT2D eigenvalue weighted by Gasteiger charge is 2.12. The fraction of sp³-hybridized carbons (Fsp3) is 0.500. The smallest absolute Gasteiger partial charge is 0.323 e. The summed E-state index contributed by atoms with van der Waals surface area (Å²) >= 11 is 0. The first kappa shape index (κ1) is 9.57. The third-order valence-corrected chi connectivity index (χ3v) is 1.74. The largest absolute Gasteiger partial charge is 0.480 e.